The minimum Gasteiger partial charge on any atom is -0.493 e. The van der Waals surface area contributed by atoms with Crippen molar-refractivity contribution in [3.05, 3.63) is 52.4 Å². The lowest BCUT2D eigenvalue weighted by atomic mass is 10.1. The molecule has 0 spiro atoms. The van der Waals surface area contributed by atoms with Gasteiger partial charge in [-0.3, -0.25) is 4.79 Å². The molecule has 0 radical (unpaired) electrons. The summed E-state index contributed by atoms with van der Waals surface area (Å²) in [6.07, 6.45) is 2.79. The Labute approximate surface area is 132 Å². The maximum Gasteiger partial charge on any atom is 0.238 e. The Morgan fingerprint density at radius 1 is 1.36 bits per heavy atom. The first-order valence-electron chi connectivity index (χ1n) is 6.22. The number of allylic oxidation sites excluding steroid dienone is 1. The van der Waals surface area contributed by atoms with Gasteiger partial charge in [0.2, 0.25) is 5.78 Å². The SMILES string of the molecule is COc1cc(/C=C(\C#N)C(=O)c2ccco2)cc(Cl)c1OC. The first kappa shape index (κ1) is 15.7. The summed E-state index contributed by atoms with van der Waals surface area (Å²) in [5.74, 6) is 0.388. The molecule has 1 aromatic carbocycles. The van der Waals surface area contributed by atoms with Crippen molar-refractivity contribution in [1.29, 1.82) is 5.26 Å². The number of carbonyl (C=O) groups excluding carboxylic acids is 1. The highest BCUT2D eigenvalue weighted by atomic mass is 35.5. The van der Waals surface area contributed by atoms with Crippen molar-refractivity contribution in [2.75, 3.05) is 14.2 Å². The molecule has 5 nitrogen and oxygen atoms in total. The van der Waals surface area contributed by atoms with Crippen LogP contribution in [0, 0.1) is 11.3 Å². The fraction of sp³-hybridized carbons (Fsp3) is 0.125. The molecule has 0 unspecified atom stereocenters. The van der Waals surface area contributed by atoms with E-state index < -0.39 is 5.78 Å². The summed E-state index contributed by atoms with van der Waals surface area (Å²) in [5.41, 5.74) is 0.470. The zero-order valence-electron chi connectivity index (χ0n) is 11.9. The molecule has 0 aliphatic carbocycles. The van der Waals surface area contributed by atoms with Crippen molar-refractivity contribution in [2.45, 2.75) is 0 Å². The quantitative estimate of drug-likeness (QED) is 0.477. The van der Waals surface area contributed by atoms with Gasteiger partial charge in [0.05, 0.1) is 25.5 Å². The molecular weight excluding hydrogens is 306 g/mol. The maximum absolute atomic E-state index is 12.1. The molecule has 0 bridgehead atoms. The highest BCUT2D eigenvalue weighted by molar-refractivity contribution is 6.32. The molecule has 112 valence electrons. The molecule has 0 aliphatic rings. The van der Waals surface area contributed by atoms with Gasteiger partial charge >= 0.3 is 0 Å². The van der Waals surface area contributed by atoms with Crippen molar-refractivity contribution < 1.29 is 18.7 Å². The molecule has 6 heteroatoms. The number of ketones is 1. The number of furan rings is 1. The largest absolute Gasteiger partial charge is 0.493 e. The Balaban J connectivity index is 2.45. The summed E-state index contributed by atoms with van der Waals surface area (Å²) in [5, 5.41) is 9.50. The van der Waals surface area contributed by atoms with E-state index in [-0.39, 0.29) is 11.3 Å². The van der Waals surface area contributed by atoms with Crippen LogP contribution in [0.4, 0.5) is 0 Å². The van der Waals surface area contributed by atoms with Crippen molar-refractivity contribution in [1.82, 2.24) is 0 Å². The van der Waals surface area contributed by atoms with E-state index in [1.54, 1.807) is 18.2 Å². The van der Waals surface area contributed by atoms with E-state index in [9.17, 15) is 10.1 Å². The van der Waals surface area contributed by atoms with Crippen molar-refractivity contribution in [3.63, 3.8) is 0 Å². The van der Waals surface area contributed by atoms with Gasteiger partial charge in [-0.25, -0.2) is 0 Å². The second kappa shape index (κ2) is 6.83. The molecule has 1 heterocycles. The van der Waals surface area contributed by atoms with Gasteiger partial charge in [-0.15, -0.1) is 0 Å². The number of rotatable bonds is 5. The molecule has 22 heavy (non-hydrogen) atoms. The van der Waals surface area contributed by atoms with Crippen molar-refractivity contribution >= 4 is 23.5 Å². The summed E-state index contributed by atoms with van der Waals surface area (Å²) in [7, 11) is 2.95. The van der Waals surface area contributed by atoms with Gasteiger partial charge in [0.25, 0.3) is 0 Å². The molecule has 1 aromatic heterocycles. The Hall–Kier alpha value is -2.71. The van der Waals surface area contributed by atoms with E-state index in [0.717, 1.165) is 0 Å². The molecule has 2 rings (SSSR count). The van der Waals surface area contributed by atoms with Gasteiger partial charge in [-0.05, 0) is 35.9 Å². The number of hydrogen-bond donors (Lipinski definition) is 0. The molecular formula is C16H12ClNO4. The van der Waals surface area contributed by atoms with E-state index in [1.165, 1.54) is 32.6 Å². The Morgan fingerprint density at radius 3 is 2.68 bits per heavy atom. The summed E-state index contributed by atoms with van der Waals surface area (Å²) >= 11 is 6.10. The van der Waals surface area contributed by atoms with E-state index in [0.29, 0.717) is 22.1 Å². The monoisotopic (exact) mass is 317 g/mol. The highest BCUT2D eigenvalue weighted by Crippen LogP contribution is 2.36. The van der Waals surface area contributed by atoms with Gasteiger partial charge in [-0.2, -0.15) is 5.26 Å². The van der Waals surface area contributed by atoms with Gasteiger partial charge in [0, 0.05) is 0 Å². The third kappa shape index (κ3) is 3.13. The first-order chi connectivity index (χ1) is 10.6. The molecule has 0 amide bonds. The molecule has 0 N–H and O–H groups in total. The normalized spacial score (nSPS) is 10.9. The predicted molar refractivity (Wildman–Crippen MR) is 81.2 cm³/mol. The lowest BCUT2D eigenvalue weighted by molar-refractivity contribution is 0.101. The third-order valence-corrected chi connectivity index (χ3v) is 3.16. The lowest BCUT2D eigenvalue weighted by Gasteiger charge is -2.10. The Kier molecular flexibility index (Phi) is 4.87. The second-order valence-electron chi connectivity index (χ2n) is 4.21. The van der Waals surface area contributed by atoms with Crippen LogP contribution in [0.25, 0.3) is 6.08 Å². The standard InChI is InChI=1S/C16H12ClNO4/c1-20-14-8-10(7-12(17)16(14)21-2)6-11(9-18)15(19)13-4-3-5-22-13/h3-8H,1-2H3/b11-6+. The number of nitriles is 1. The van der Waals surface area contributed by atoms with Crippen molar-refractivity contribution in [3.8, 4) is 17.6 Å². The van der Waals surface area contributed by atoms with Crippen molar-refractivity contribution in [2.24, 2.45) is 0 Å². The number of nitrogens with zero attached hydrogens (tertiary/aromatic N) is 1. The topological polar surface area (TPSA) is 72.5 Å². The average Bonchev–Trinajstić information content (AvgIpc) is 3.05. The van der Waals surface area contributed by atoms with Crippen LogP contribution in [0.2, 0.25) is 5.02 Å². The van der Waals surface area contributed by atoms with Gasteiger partial charge in [-0.1, -0.05) is 11.6 Å². The first-order valence-corrected chi connectivity index (χ1v) is 6.60. The van der Waals surface area contributed by atoms with Gasteiger partial charge < -0.3 is 13.9 Å². The zero-order chi connectivity index (χ0) is 16.1. The third-order valence-electron chi connectivity index (χ3n) is 2.88. The smallest absolute Gasteiger partial charge is 0.238 e. The van der Waals surface area contributed by atoms with Gasteiger partial charge in [0.1, 0.15) is 11.6 Å². The summed E-state index contributed by atoms with van der Waals surface area (Å²) in [6.45, 7) is 0. The van der Waals surface area contributed by atoms with Crippen LogP contribution in [0.3, 0.4) is 0 Å². The molecule has 2 aromatic rings. The number of ether oxygens (including phenoxy) is 2. The average molecular weight is 318 g/mol. The number of benzene rings is 1. The van der Waals surface area contributed by atoms with Crippen LogP contribution in [0.1, 0.15) is 16.1 Å². The Bertz CT molecular complexity index is 757. The fourth-order valence-corrected chi connectivity index (χ4v) is 2.17. The van der Waals surface area contributed by atoms with Crippen LogP contribution < -0.4 is 9.47 Å². The van der Waals surface area contributed by atoms with E-state index in [4.69, 9.17) is 25.5 Å². The molecule has 0 atom stereocenters. The minimum absolute atomic E-state index is 0.0711. The zero-order valence-corrected chi connectivity index (χ0v) is 12.7. The molecule has 0 saturated carbocycles. The molecule has 0 aliphatic heterocycles. The maximum atomic E-state index is 12.1. The Morgan fingerprint density at radius 2 is 2.14 bits per heavy atom. The highest BCUT2D eigenvalue weighted by Gasteiger charge is 2.16. The number of Topliss-reactive ketones (excluding diaryl/α,β-unsaturated/α-hetero) is 1. The number of carbonyl (C=O) groups is 1. The van der Waals surface area contributed by atoms with E-state index in [2.05, 4.69) is 0 Å². The van der Waals surface area contributed by atoms with Crippen LogP contribution in [-0.4, -0.2) is 20.0 Å². The predicted octanol–water partition coefficient (Wildman–Crippen LogP) is 3.74. The lowest BCUT2D eigenvalue weighted by Crippen LogP contribution is -2.00. The van der Waals surface area contributed by atoms with Gasteiger partial charge in [0.15, 0.2) is 17.3 Å². The summed E-state index contributed by atoms with van der Waals surface area (Å²) < 4.78 is 15.3. The van der Waals surface area contributed by atoms with E-state index >= 15 is 0 Å². The van der Waals surface area contributed by atoms with E-state index in [1.807, 2.05) is 6.07 Å². The van der Waals surface area contributed by atoms with Crippen LogP contribution in [0.15, 0.2) is 40.5 Å². The van der Waals surface area contributed by atoms with Crippen LogP contribution in [0.5, 0.6) is 11.5 Å². The number of halogens is 1. The molecule has 0 saturated heterocycles. The minimum atomic E-state index is -0.501. The molecule has 0 fully saturated rings. The van der Waals surface area contributed by atoms with Crippen LogP contribution >= 0.6 is 11.6 Å². The second-order valence-corrected chi connectivity index (χ2v) is 4.62. The number of methoxy groups -OCH3 is 2. The fourth-order valence-electron chi connectivity index (χ4n) is 1.88. The number of hydrogen-bond acceptors (Lipinski definition) is 5. The summed E-state index contributed by atoms with van der Waals surface area (Å²) in [4.78, 5) is 12.1. The summed E-state index contributed by atoms with van der Waals surface area (Å²) in [6, 6.07) is 8.14. The van der Waals surface area contributed by atoms with Crippen LogP contribution in [-0.2, 0) is 0 Å².